The molecule has 50 heavy (non-hydrogen) atoms. The lowest BCUT2D eigenvalue weighted by Gasteiger charge is -2.21. The number of nitrogens with one attached hydrogen (secondary N) is 4. The highest BCUT2D eigenvalue weighted by Crippen LogP contribution is 2.37. The standard InChI is InChI=1S/C35H42ClN5O9/c1-20(2)48-28-17-25(41(45)46)15-22(30(28)47-19-29(42)49-34(3,4)5)18-38-27-14-11-23(36)16-26(27)32(43)39-24-12-9-21(10-13-24)31(37)40-33(44)50-35(6,7)8/h9-17,20,38H,18-19H2,1-8H3,(H,39,43)(H2,37,40,44). The van der Waals surface area contributed by atoms with E-state index in [1.165, 1.54) is 18.2 Å². The number of anilines is 2. The zero-order valence-electron chi connectivity index (χ0n) is 29.2. The number of hydrogen-bond donors (Lipinski definition) is 4. The lowest BCUT2D eigenvalue weighted by Crippen LogP contribution is -2.36. The Kier molecular flexibility index (Phi) is 12.8. The summed E-state index contributed by atoms with van der Waals surface area (Å²) in [5.74, 6) is -1.22. The molecule has 0 aliphatic heterocycles. The maximum Gasteiger partial charge on any atom is 0.413 e. The fourth-order valence-electron chi connectivity index (χ4n) is 4.33. The third kappa shape index (κ3) is 12.3. The number of hydrogen-bond acceptors (Lipinski definition) is 11. The Morgan fingerprint density at radius 3 is 2.16 bits per heavy atom. The first-order chi connectivity index (χ1) is 23.2. The van der Waals surface area contributed by atoms with Crippen LogP contribution in [0.25, 0.3) is 0 Å². The molecule has 0 spiro atoms. The fourth-order valence-corrected chi connectivity index (χ4v) is 4.51. The Bertz CT molecular complexity index is 1750. The van der Waals surface area contributed by atoms with Crippen LogP contribution in [-0.4, -0.2) is 52.6 Å². The molecule has 0 radical (unpaired) electrons. The summed E-state index contributed by atoms with van der Waals surface area (Å²) < 4.78 is 22.2. The van der Waals surface area contributed by atoms with Crippen LogP contribution in [0, 0.1) is 15.5 Å². The van der Waals surface area contributed by atoms with Crippen molar-refractivity contribution in [1.29, 1.82) is 5.41 Å². The van der Waals surface area contributed by atoms with E-state index >= 15 is 0 Å². The van der Waals surface area contributed by atoms with E-state index in [4.69, 9.17) is 36.0 Å². The number of nitro groups is 1. The molecule has 0 saturated heterocycles. The second kappa shape index (κ2) is 16.4. The molecule has 0 aromatic heterocycles. The molecule has 15 heteroatoms. The number of alkyl carbamates (subject to hydrolysis) is 1. The molecule has 3 aromatic rings. The number of non-ortho nitro benzene ring substituents is 1. The fraction of sp³-hybridized carbons (Fsp3) is 0.371. The number of ether oxygens (including phenoxy) is 4. The smallest absolute Gasteiger partial charge is 0.413 e. The third-order valence-electron chi connectivity index (χ3n) is 6.20. The number of nitro benzene ring substituents is 1. The molecule has 0 saturated carbocycles. The van der Waals surface area contributed by atoms with E-state index in [0.717, 1.165) is 0 Å². The van der Waals surface area contributed by atoms with Gasteiger partial charge in [-0.2, -0.15) is 0 Å². The van der Waals surface area contributed by atoms with Crippen LogP contribution in [0.1, 0.15) is 76.9 Å². The number of nitrogens with zero attached hydrogens (tertiary/aromatic N) is 1. The zero-order valence-corrected chi connectivity index (χ0v) is 29.9. The van der Waals surface area contributed by atoms with Gasteiger partial charge in [-0.15, -0.1) is 0 Å². The number of carbonyl (C=O) groups excluding carboxylic acids is 3. The van der Waals surface area contributed by atoms with Crippen molar-refractivity contribution in [3.63, 3.8) is 0 Å². The third-order valence-corrected chi connectivity index (χ3v) is 6.43. The average molecular weight is 712 g/mol. The Morgan fingerprint density at radius 1 is 0.940 bits per heavy atom. The first-order valence-corrected chi connectivity index (χ1v) is 15.9. The molecule has 14 nitrogen and oxygen atoms in total. The van der Waals surface area contributed by atoms with Crippen molar-refractivity contribution in [1.82, 2.24) is 5.32 Å². The average Bonchev–Trinajstić information content (AvgIpc) is 2.97. The van der Waals surface area contributed by atoms with Crippen LogP contribution in [-0.2, 0) is 20.8 Å². The van der Waals surface area contributed by atoms with Crippen molar-refractivity contribution >= 4 is 52.5 Å². The van der Waals surface area contributed by atoms with Gasteiger partial charge in [-0.3, -0.25) is 25.6 Å². The lowest BCUT2D eigenvalue weighted by atomic mass is 10.1. The molecule has 0 fully saturated rings. The van der Waals surface area contributed by atoms with Crippen molar-refractivity contribution in [2.45, 2.75) is 79.2 Å². The van der Waals surface area contributed by atoms with Gasteiger partial charge in [0.15, 0.2) is 18.1 Å². The molecule has 268 valence electrons. The van der Waals surface area contributed by atoms with Crippen LogP contribution in [0.3, 0.4) is 0 Å². The molecular formula is C35H42ClN5O9. The summed E-state index contributed by atoms with van der Waals surface area (Å²) in [6, 6.07) is 13.3. The number of carbonyl (C=O) groups is 3. The normalized spacial score (nSPS) is 11.3. The number of benzene rings is 3. The van der Waals surface area contributed by atoms with Gasteiger partial charge in [0.1, 0.15) is 17.0 Å². The summed E-state index contributed by atoms with van der Waals surface area (Å²) in [5.41, 5.74) is -0.222. The maximum atomic E-state index is 13.5. The molecule has 3 aromatic carbocycles. The van der Waals surface area contributed by atoms with Gasteiger partial charge in [-0.1, -0.05) is 11.6 Å². The number of esters is 1. The number of halogens is 1. The van der Waals surface area contributed by atoms with E-state index in [0.29, 0.717) is 16.9 Å². The summed E-state index contributed by atoms with van der Waals surface area (Å²) in [6.07, 6.45) is -1.15. The second-order valence-corrected chi connectivity index (χ2v) is 13.7. The van der Waals surface area contributed by atoms with Gasteiger partial charge in [0, 0.05) is 40.1 Å². The quantitative estimate of drug-likeness (QED) is 0.0482. The van der Waals surface area contributed by atoms with E-state index in [1.807, 2.05) is 0 Å². The Labute approximate surface area is 295 Å². The summed E-state index contributed by atoms with van der Waals surface area (Å²) in [4.78, 5) is 49.2. The molecule has 3 rings (SSSR count). The van der Waals surface area contributed by atoms with Crippen molar-refractivity contribution in [3.05, 3.63) is 86.4 Å². The predicted molar refractivity (Wildman–Crippen MR) is 190 cm³/mol. The molecule has 0 bridgehead atoms. The molecule has 0 aliphatic rings. The van der Waals surface area contributed by atoms with Crippen LogP contribution in [0.5, 0.6) is 11.5 Å². The predicted octanol–water partition coefficient (Wildman–Crippen LogP) is 7.47. The topological polar surface area (TPSA) is 191 Å². The summed E-state index contributed by atoms with van der Waals surface area (Å²) in [5, 5.41) is 28.5. The molecular weight excluding hydrogens is 670 g/mol. The van der Waals surface area contributed by atoms with Gasteiger partial charge in [-0.25, -0.2) is 9.59 Å². The zero-order chi connectivity index (χ0) is 37.4. The van der Waals surface area contributed by atoms with E-state index in [-0.39, 0.29) is 51.8 Å². The van der Waals surface area contributed by atoms with Crippen LogP contribution in [0.4, 0.5) is 21.9 Å². The van der Waals surface area contributed by atoms with Gasteiger partial charge in [0.05, 0.1) is 22.7 Å². The second-order valence-electron chi connectivity index (χ2n) is 13.3. The van der Waals surface area contributed by atoms with Crippen LogP contribution >= 0.6 is 11.6 Å². The van der Waals surface area contributed by atoms with Gasteiger partial charge < -0.3 is 29.6 Å². The number of rotatable bonds is 12. The number of amidine groups is 1. The van der Waals surface area contributed by atoms with Gasteiger partial charge in [-0.05, 0) is 97.9 Å². The molecule has 0 atom stereocenters. The minimum absolute atomic E-state index is 0.0569. The largest absolute Gasteiger partial charge is 0.487 e. The lowest BCUT2D eigenvalue weighted by molar-refractivity contribution is -0.385. The monoisotopic (exact) mass is 711 g/mol. The Balaban J connectivity index is 1.85. The van der Waals surface area contributed by atoms with E-state index in [9.17, 15) is 24.5 Å². The summed E-state index contributed by atoms with van der Waals surface area (Å²) in [7, 11) is 0. The van der Waals surface area contributed by atoms with E-state index in [2.05, 4.69) is 16.0 Å². The van der Waals surface area contributed by atoms with Gasteiger partial charge in [0.2, 0.25) is 0 Å². The summed E-state index contributed by atoms with van der Waals surface area (Å²) in [6.45, 7) is 13.2. The minimum atomic E-state index is -0.767. The first-order valence-electron chi connectivity index (χ1n) is 15.6. The first kappa shape index (κ1) is 39.1. The number of amides is 2. The Hall–Kier alpha value is -5.37. The van der Waals surface area contributed by atoms with E-state index in [1.54, 1.807) is 91.8 Å². The van der Waals surface area contributed by atoms with Crippen LogP contribution in [0.15, 0.2) is 54.6 Å². The highest BCUT2D eigenvalue weighted by atomic mass is 35.5. The van der Waals surface area contributed by atoms with Gasteiger partial charge >= 0.3 is 12.1 Å². The minimum Gasteiger partial charge on any atom is -0.487 e. The van der Waals surface area contributed by atoms with Crippen molar-refractivity contribution < 1.29 is 38.3 Å². The van der Waals surface area contributed by atoms with Crippen molar-refractivity contribution in [2.24, 2.45) is 0 Å². The van der Waals surface area contributed by atoms with Crippen LogP contribution < -0.4 is 25.4 Å². The highest BCUT2D eigenvalue weighted by Gasteiger charge is 2.24. The van der Waals surface area contributed by atoms with Gasteiger partial charge in [0.25, 0.3) is 11.6 Å². The molecule has 0 unspecified atom stereocenters. The van der Waals surface area contributed by atoms with Crippen molar-refractivity contribution in [3.8, 4) is 11.5 Å². The van der Waals surface area contributed by atoms with E-state index < -0.39 is 40.7 Å². The van der Waals surface area contributed by atoms with Crippen molar-refractivity contribution in [2.75, 3.05) is 17.2 Å². The molecule has 0 heterocycles. The maximum absolute atomic E-state index is 13.5. The van der Waals surface area contributed by atoms with Crippen LogP contribution in [0.2, 0.25) is 5.02 Å². The molecule has 0 aliphatic carbocycles. The molecule has 2 amide bonds. The Morgan fingerprint density at radius 2 is 1.58 bits per heavy atom. The SMILES string of the molecule is CC(C)Oc1cc([N+](=O)[O-])cc(CNc2ccc(Cl)cc2C(=O)Nc2ccc(C(=N)NC(=O)OC(C)(C)C)cc2)c1OCC(=O)OC(C)(C)C. The summed E-state index contributed by atoms with van der Waals surface area (Å²) >= 11 is 6.25. The highest BCUT2D eigenvalue weighted by molar-refractivity contribution is 6.31. The molecule has 4 N–H and O–H groups in total.